The number of esters is 3. The molecule has 7 heteroatoms. The topological polar surface area (TPSA) is 88.1 Å². The van der Waals surface area contributed by atoms with Gasteiger partial charge < -0.3 is 18.9 Å². The quantitative estimate of drug-likeness (QED) is 0.566. The van der Waals surface area contributed by atoms with Crippen LogP contribution in [-0.2, 0) is 24.7 Å². The number of hydrogen-bond donors (Lipinski definition) is 0. The van der Waals surface area contributed by atoms with Crippen molar-refractivity contribution in [2.45, 2.75) is 33.3 Å². The Balaban J connectivity index is 1.94. The first-order valence-electron chi connectivity index (χ1n) is 8.97. The lowest BCUT2D eigenvalue weighted by molar-refractivity contribution is -0.145. The molecule has 0 N–H and O–H groups in total. The van der Waals surface area contributed by atoms with Crippen LogP contribution in [0.25, 0.3) is 0 Å². The van der Waals surface area contributed by atoms with E-state index in [1.807, 2.05) is 6.92 Å². The monoisotopic (exact) mass is 394 g/mol. The highest BCUT2D eigenvalue weighted by molar-refractivity contribution is 5.94. The molecule has 0 aromatic heterocycles. The predicted octanol–water partition coefficient (Wildman–Crippen LogP) is 3.78. The molecule has 0 saturated heterocycles. The molecule has 0 amide bonds. The van der Waals surface area contributed by atoms with Crippen molar-refractivity contribution in [1.82, 2.24) is 0 Å². The third-order valence-electron chi connectivity index (χ3n) is 5.05. The van der Waals surface area contributed by atoms with Crippen molar-refractivity contribution in [1.29, 1.82) is 0 Å². The number of hydrogen-bond acceptors (Lipinski definition) is 7. The number of benzene rings is 2. The minimum Gasteiger partial charge on any atom is -0.456 e. The van der Waals surface area contributed by atoms with Crippen LogP contribution >= 0.6 is 0 Å². The molecule has 29 heavy (non-hydrogen) atoms. The Hall–Kier alpha value is -3.61. The Morgan fingerprint density at radius 3 is 1.72 bits per heavy atom. The van der Waals surface area contributed by atoms with Crippen LogP contribution in [0.3, 0.4) is 0 Å². The molecule has 1 spiro atoms. The molecule has 4 rings (SSSR count). The molecule has 2 aliphatic rings. The van der Waals surface area contributed by atoms with Crippen molar-refractivity contribution in [2.24, 2.45) is 0 Å². The minimum absolute atomic E-state index is 0.300. The fourth-order valence-corrected chi connectivity index (χ4v) is 3.70. The lowest BCUT2D eigenvalue weighted by Crippen LogP contribution is -2.33. The number of rotatable bonds is 2. The van der Waals surface area contributed by atoms with Crippen molar-refractivity contribution >= 4 is 17.9 Å². The maximum atomic E-state index is 12.4. The summed E-state index contributed by atoms with van der Waals surface area (Å²) in [4.78, 5) is 35.1. The van der Waals surface area contributed by atoms with Gasteiger partial charge in [0.25, 0.3) is 0 Å². The van der Waals surface area contributed by atoms with E-state index in [0.717, 1.165) is 5.57 Å². The fraction of sp³-hybridized carbons (Fsp3) is 0.227. The van der Waals surface area contributed by atoms with Crippen LogP contribution in [0, 0.1) is 0 Å². The van der Waals surface area contributed by atoms with Crippen LogP contribution in [0.1, 0.15) is 38.8 Å². The molecular formula is C22H18O7. The second-order valence-electron chi connectivity index (χ2n) is 6.93. The highest BCUT2D eigenvalue weighted by Gasteiger charge is 2.52. The second kappa shape index (κ2) is 6.48. The highest BCUT2D eigenvalue weighted by Crippen LogP contribution is 2.56. The first-order valence-corrected chi connectivity index (χ1v) is 8.97. The van der Waals surface area contributed by atoms with Crippen LogP contribution in [0.5, 0.6) is 23.0 Å². The molecule has 148 valence electrons. The summed E-state index contributed by atoms with van der Waals surface area (Å²) in [7, 11) is 0. The van der Waals surface area contributed by atoms with Gasteiger partial charge in [-0.05, 0) is 43.7 Å². The summed E-state index contributed by atoms with van der Waals surface area (Å²) >= 11 is 0. The van der Waals surface area contributed by atoms with Gasteiger partial charge in [-0.25, -0.2) is 4.79 Å². The number of carbonyl (C=O) groups excluding carboxylic acids is 3. The smallest absolute Gasteiger partial charge is 0.335 e. The number of ether oxygens (including phenoxy) is 4. The zero-order chi connectivity index (χ0) is 20.9. The van der Waals surface area contributed by atoms with Gasteiger partial charge in [-0.3, -0.25) is 9.59 Å². The molecule has 2 aromatic rings. The van der Waals surface area contributed by atoms with E-state index in [1.165, 1.54) is 13.8 Å². The molecule has 2 aliphatic heterocycles. The van der Waals surface area contributed by atoms with Gasteiger partial charge in [0.15, 0.2) is 5.60 Å². The van der Waals surface area contributed by atoms with Gasteiger partial charge in [0, 0.05) is 42.7 Å². The standard InChI is InChI=1S/C22H18O7/c1-11-12(2)22(29-21(11)25)17-7-5-15(26-13(3)23)9-19(17)28-20-10-16(27-14(4)24)6-8-18(20)22/h5-10H,1-4H3. The molecule has 2 heterocycles. The van der Waals surface area contributed by atoms with E-state index in [0.29, 0.717) is 39.7 Å². The molecule has 7 nitrogen and oxygen atoms in total. The predicted molar refractivity (Wildman–Crippen MR) is 101 cm³/mol. The fourth-order valence-electron chi connectivity index (χ4n) is 3.70. The maximum absolute atomic E-state index is 12.4. The molecule has 0 unspecified atom stereocenters. The van der Waals surface area contributed by atoms with Gasteiger partial charge in [-0.15, -0.1) is 0 Å². The second-order valence-corrected chi connectivity index (χ2v) is 6.93. The summed E-state index contributed by atoms with van der Waals surface area (Å²) in [6.45, 7) is 6.15. The van der Waals surface area contributed by atoms with Crippen molar-refractivity contribution in [3.05, 3.63) is 58.7 Å². The number of fused-ring (bicyclic) bond motifs is 4. The van der Waals surface area contributed by atoms with E-state index < -0.39 is 23.5 Å². The third kappa shape index (κ3) is 2.86. The first kappa shape index (κ1) is 18.7. The molecule has 0 saturated carbocycles. The molecule has 0 fully saturated rings. The van der Waals surface area contributed by atoms with Gasteiger partial charge in [0.05, 0.1) is 0 Å². The van der Waals surface area contributed by atoms with E-state index in [9.17, 15) is 14.4 Å². The summed E-state index contributed by atoms with van der Waals surface area (Å²) in [6.07, 6.45) is 0. The molecule has 0 aliphatic carbocycles. The van der Waals surface area contributed by atoms with Crippen molar-refractivity contribution in [2.75, 3.05) is 0 Å². The Morgan fingerprint density at radius 1 is 0.862 bits per heavy atom. The van der Waals surface area contributed by atoms with Crippen LogP contribution in [0.4, 0.5) is 0 Å². The van der Waals surface area contributed by atoms with Gasteiger partial charge >= 0.3 is 17.9 Å². The zero-order valence-corrected chi connectivity index (χ0v) is 16.3. The number of carbonyl (C=O) groups is 3. The Morgan fingerprint density at radius 2 is 1.34 bits per heavy atom. The van der Waals surface area contributed by atoms with Crippen LogP contribution < -0.4 is 14.2 Å². The van der Waals surface area contributed by atoms with Crippen molar-refractivity contribution in [3.8, 4) is 23.0 Å². The van der Waals surface area contributed by atoms with Gasteiger partial charge in [0.2, 0.25) is 0 Å². The van der Waals surface area contributed by atoms with E-state index in [1.54, 1.807) is 43.3 Å². The van der Waals surface area contributed by atoms with Crippen LogP contribution in [-0.4, -0.2) is 17.9 Å². The van der Waals surface area contributed by atoms with E-state index in [2.05, 4.69) is 0 Å². The van der Waals surface area contributed by atoms with Crippen LogP contribution in [0.15, 0.2) is 47.5 Å². The average molecular weight is 394 g/mol. The Labute approximate surface area is 166 Å². The van der Waals surface area contributed by atoms with E-state index in [-0.39, 0.29) is 0 Å². The van der Waals surface area contributed by atoms with Gasteiger partial charge in [0.1, 0.15) is 23.0 Å². The summed E-state index contributed by atoms with van der Waals surface area (Å²) in [6, 6.07) is 9.80. The molecular weight excluding hydrogens is 376 g/mol. The van der Waals surface area contributed by atoms with E-state index in [4.69, 9.17) is 18.9 Å². The molecule has 0 atom stereocenters. The first-order chi connectivity index (χ1) is 13.7. The average Bonchev–Trinajstić information content (AvgIpc) is 2.85. The zero-order valence-electron chi connectivity index (χ0n) is 16.3. The molecule has 0 bridgehead atoms. The van der Waals surface area contributed by atoms with Crippen LogP contribution in [0.2, 0.25) is 0 Å². The van der Waals surface area contributed by atoms with Gasteiger partial charge in [-0.1, -0.05) is 0 Å². The van der Waals surface area contributed by atoms with Gasteiger partial charge in [-0.2, -0.15) is 0 Å². The Kier molecular flexibility index (Phi) is 4.19. The van der Waals surface area contributed by atoms with Crippen molar-refractivity contribution in [3.63, 3.8) is 0 Å². The van der Waals surface area contributed by atoms with Crippen molar-refractivity contribution < 1.29 is 33.3 Å². The Bertz CT molecular complexity index is 1040. The SMILES string of the molecule is CC(=O)Oc1ccc2c(c1)Oc1cc(OC(C)=O)ccc1C21OC(=O)C(C)=C1C. The summed E-state index contributed by atoms with van der Waals surface area (Å²) in [5.41, 5.74) is 1.30. The lowest BCUT2D eigenvalue weighted by atomic mass is 9.78. The van der Waals surface area contributed by atoms with E-state index >= 15 is 0 Å². The largest absolute Gasteiger partial charge is 0.456 e. The lowest BCUT2D eigenvalue weighted by Gasteiger charge is -2.37. The summed E-state index contributed by atoms with van der Waals surface area (Å²) < 4.78 is 22.2. The summed E-state index contributed by atoms with van der Waals surface area (Å²) in [5, 5.41) is 0. The minimum atomic E-state index is -1.17. The summed E-state index contributed by atoms with van der Waals surface area (Å²) in [5.74, 6) is -0.00706. The normalized spacial score (nSPS) is 15.9. The molecule has 0 radical (unpaired) electrons. The molecule has 2 aromatic carbocycles. The highest BCUT2D eigenvalue weighted by atomic mass is 16.6. The maximum Gasteiger partial charge on any atom is 0.335 e. The third-order valence-corrected chi connectivity index (χ3v) is 5.05.